The minimum Gasteiger partial charge on any atom is -0.311 e. The molecule has 0 saturated heterocycles. The molecule has 2 aromatic rings. The lowest BCUT2D eigenvalue weighted by Gasteiger charge is -2.20. The van der Waals surface area contributed by atoms with Crippen molar-refractivity contribution in [2.75, 3.05) is 20.1 Å². The summed E-state index contributed by atoms with van der Waals surface area (Å²) in [5, 5.41) is 7.80. The fourth-order valence-electron chi connectivity index (χ4n) is 1.86. The normalized spacial score (nSPS) is 11.8. The molecule has 0 aliphatic heterocycles. The molecule has 2 aromatic heterocycles. The second-order valence-corrected chi connectivity index (χ2v) is 4.95. The van der Waals surface area contributed by atoms with Gasteiger partial charge in [0.25, 0.3) is 0 Å². The summed E-state index contributed by atoms with van der Waals surface area (Å²) in [4.78, 5) is 2.34. The third kappa shape index (κ3) is 3.09. The molecular formula is C14H22N4. The van der Waals surface area contributed by atoms with Gasteiger partial charge in [0.05, 0.1) is 11.7 Å². The van der Waals surface area contributed by atoms with Gasteiger partial charge in [-0.15, -0.1) is 0 Å². The number of pyridine rings is 1. The second-order valence-electron chi connectivity index (χ2n) is 4.95. The van der Waals surface area contributed by atoms with Crippen molar-refractivity contribution in [1.82, 2.24) is 19.8 Å². The van der Waals surface area contributed by atoms with Gasteiger partial charge >= 0.3 is 0 Å². The summed E-state index contributed by atoms with van der Waals surface area (Å²) in [6.45, 7) is 7.37. The van der Waals surface area contributed by atoms with Crippen molar-refractivity contribution in [3.05, 3.63) is 36.2 Å². The smallest absolute Gasteiger partial charge is 0.0706 e. The Labute approximate surface area is 109 Å². The average Bonchev–Trinajstić information content (AvgIpc) is 2.77. The molecule has 4 nitrogen and oxygen atoms in total. The second kappa shape index (κ2) is 5.98. The van der Waals surface area contributed by atoms with E-state index in [1.807, 2.05) is 29.0 Å². The Morgan fingerprint density at radius 3 is 3.00 bits per heavy atom. The topological polar surface area (TPSA) is 32.6 Å². The first kappa shape index (κ1) is 13.1. The van der Waals surface area contributed by atoms with E-state index in [-0.39, 0.29) is 0 Å². The Morgan fingerprint density at radius 2 is 2.22 bits per heavy atom. The summed E-state index contributed by atoms with van der Waals surface area (Å²) in [6, 6.07) is 6.75. The van der Waals surface area contributed by atoms with Crippen LogP contribution in [0.2, 0.25) is 0 Å². The third-order valence-electron chi connectivity index (χ3n) is 3.34. The van der Waals surface area contributed by atoms with Crippen LogP contribution in [0.5, 0.6) is 0 Å². The maximum Gasteiger partial charge on any atom is 0.0706 e. The predicted molar refractivity (Wildman–Crippen MR) is 74.7 cm³/mol. The molecule has 0 aliphatic rings. The van der Waals surface area contributed by atoms with Crippen molar-refractivity contribution in [2.24, 2.45) is 0 Å². The van der Waals surface area contributed by atoms with Crippen molar-refractivity contribution in [3.8, 4) is 0 Å². The van der Waals surface area contributed by atoms with E-state index in [2.05, 4.69) is 42.3 Å². The van der Waals surface area contributed by atoms with Crippen molar-refractivity contribution >= 4 is 5.52 Å². The van der Waals surface area contributed by atoms with Gasteiger partial charge in [0.1, 0.15) is 0 Å². The molecule has 18 heavy (non-hydrogen) atoms. The number of nitrogens with zero attached hydrogens (tertiary/aromatic N) is 3. The predicted octanol–water partition coefficient (Wildman–Crippen LogP) is 1.76. The molecular weight excluding hydrogens is 224 g/mol. The minimum absolute atomic E-state index is 0.601. The summed E-state index contributed by atoms with van der Waals surface area (Å²) in [5.41, 5.74) is 2.44. The van der Waals surface area contributed by atoms with Crippen LogP contribution in [0.4, 0.5) is 0 Å². The van der Waals surface area contributed by atoms with Crippen LogP contribution in [0.15, 0.2) is 30.6 Å². The first-order chi connectivity index (χ1) is 8.68. The Hall–Kier alpha value is -1.39. The number of fused-ring (bicyclic) bond motifs is 1. The Bertz CT molecular complexity index is 489. The lowest BCUT2D eigenvalue weighted by atomic mass is 10.2. The maximum absolute atomic E-state index is 4.33. The largest absolute Gasteiger partial charge is 0.311 e. The van der Waals surface area contributed by atoms with Gasteiger partial charge in [-0.05, 0) is 33.0 Å². The molecule has 0 fully saturated rings. The highest BCUT2D eigenvalue weighted by molar-refractivity contribution is 5.53. The number of nitrogens with one attached hydrogen (secondary N) is 1. The van der Waals surface area contributed by atoms with Crippen molar-refractivity contribution in [3.63, 3.8) is 0 Å². The molecule has 1 N–H and O–H groups in total. The van der Waals surface area contributed by atoms with Crippen LogP contribution < -0.4 is 5.32 Å². The number of aromatic nitrogens is 2. The van der Waals surface area contributed by atoms with E-state index < -0.39 is 0 Å². The number of hydrogen-bond donors (Lipinski definition) is 1. The molecule has 2 rings (SSSR count). The molecule has 0 atom stereocenters. The molecule has 0 aromatic carbocycles. The van der Waals surface area contributed by atoms with Crippen LogP contribution in [-0.4, -0.2) is 40.7 Å². The lowest BCUT2D eigenvalue weighted by molar-refractivity contribution is 0.273. The van der Waals surface area contributed by atoms with Crippen molar-refractivity contribution in [2.45, 2.75) is 26.4 Å². The van der Waals surface area contributed by atoms with E-state index in [9.17, 15) is 0 Å². The summed E-state index contributed by atoms with van der Waals surface area (Å²) >= 11 is 0. The third-order valence-corrected chi connectivity index (χ3v) is 3.34. The maximum atomic E-state index is 4.33. The zero-order valence-corrected chi connectivity index (χ0v) is 11.4. The zero-order valence-electron chi connectivity index (χ0n) is 11.4. The summed E-state index contributed by atoms with van der Waals surface area (Å²) in [7, 11) is 2.15. The van der Waals surface area contributed by atoms with Crippen LogP contribution in [0.25, 0.3) is 5.52 Å². The highest BCUT2D eigenvalue weighted by Gasteiger charge is 2.04. The molecule has 0 bridgehead atoms. The Kier molecular flexibility index (Phi) is 4.33. The standard InChI is InChI=1S/C14H22N4/c1-12(2)17(3)9-7-15-10-13-11-16-18-8-5-4-6-14(13)18/h4-6,8,11-12,15H,7,9-10H2,1-3H3. The van der Waals surface area contributed by atoms with Gasteiger partial charge in [0, 0.05) is 37.4 Å². The molecule has 98 valence electrons. The summed E-state index contributed by atoms with van der Waals surface area (Å²) in [6.07, 6.45) is 3.92. The summed E-state index contributed by atoms with van der Waals surface area (Å²) < 4.78 is 1.91. The van der Waals surface area contributed by atoms with Gasteiger partial charge in [-0.2, -0.15) is 5.10 Å². The van der Waals surface area contributed by atoms with Crippen molar-refractivity contribution in [1.29, 1.82) is 0 Å². The Balaban J connectivity index is 1.84. The van der Waals surface area contributed by atoms with Crippen LogP contribution in [0, 0.1) is 0 Å². The minimum atomic E-state index is 0.601. The van der Waals surface area contributed by atoms with Gasteiger partial charge in [-0.3, -0.25) is 0 Å². The molecule has 0 aliphatic carbocycles. The van der Waals surface area contributed by atoms with E-state index in [0.29, 0.717) is 6.04 Å². The van der Waals surface area contributed by atoms with Gasteiger partial charge in [-0.1, -0.05) is 6.07 Å². The van der Waals surface area contributed by atoms with E-state index in [4.69, 9.17) is 0 Å². The molecule has 4 heteroatoms. The van der Waals surface area contributed by atoms with Gasteiger partial charge in [0.2, 0.25) is 0 Å². The fraction of sp³-hybridized carbons (Fsp3) is 0.500. The fourth-order valence-corrected chi connectivity index (χ4v) is 1.86. The molecule has 0 spiro atoms. The molecule has 0 amide bonds. The molecule has 0 saturated carbocycles. The number of rotatable bonds is 6. The molecule has 2 heterocycles. The van der Waals surface area contributed by atoms with Gasteiger partial charge in [0.15, 0.2) is 0 Å². The first-order valence-corrected chi connectivity index (χ1v) is 6.50. The van der Waals surface area contributed by atoms with E-state index in [1.165, 1.54) is 11.1 Å². The van der Waals surface area contributed by atoms with Gasteiger partial charge in [-0.25, -0.2) is 4.52 Å². The molecule has 0 unspecified atom stereocenters. The highest BCUT2D eigenvalue weighted by atomic mass is 15.2. The Morgan fingerprint density at radius 1 is 1.39 bits per heavy atom. The van der Waals surface area contributed by atoms with Gasteiger partial charge < -0.3 is 10.2 Å². The van der Waals surface area contributed by atoms with E-state index in [0.717, 1.165) is 19.6 Å². The monoisotopic (exact) mass is 246 g/mol. The van der Waals surface area contributed by atoms with Crippen LogP contribution in [0.1, 0.15) is 19.4 Å². The SMILES string of the molecule is CC(C)N(C)CCNCc1cnn2ccccc12. The number of likely N-dealkylation sites (N-methyl/N-ethyl adjacent to an activating group) is 1. The number of hydrogen-bond acceptors (Lipinski definition) is 3. The van der Waals surface area contributed by atoms with E-state index in [1.54, 1.807) is 0 Å². The zero-order chi connectivity index (χ0) is 13.0. The van der Waals surface area contributed by atoms with E-state index >= 15 is 0 Å². The highest BCUT2D eigenvalue weighted by Crippen LogP contribution is 2.08. The summed E-state index contributed by atoms with van der Waals surface area (Å²) in [5.74, 6) is 0. The van der Waals surface area contributed by atoms with Crippen LogP contribution in [0.3, 0.4) is 0 Å². The quantitative estimate of drug-likeness (QED) is 0.788. The first-order valence-electron chi connectivity index (χ1n) is 6.50. The lowest BCUT2D eigenvalue weighted by Crippen LogP contribution is -2.33. The van der Waals surface area contributed by atoms with Crippen molar-refractivity contribution < 1.29 is 0 Å². The molecule has 0 radical (unpaired) electrons. The average molecular weight is 246 g/mol. The van der Waals surface area contributed by atoms with Crippen LogP contribution in [-0.2, 0) is 6.54 Å². The van der Waals surface area contributed by atoms with Crippen LogP contribution >= 0.6 is 0 Å².